The van der Waals surface area contributed by atoms with E-state index in [-0.39, 0.29) is 5.92 Å². The maximum absolute atomic E-state index is 12.6. The van der Waals surface area contributed by atoms with Gasteiger partial charge in [0.2, 0.25) is 0 Å². The third kappa shape index (κ3) is 6.88. The minimum Gasteiger partial charge on any atom is -0.494 e. The summed E-state index contributed by atoms with van der Waals surface area (Å²) in [5, 5.41) is 7.36. The van der Waals surface area contributed by atoms with Crippen molar-refractivity contribution < 1.29 is 23.9 Å². The van der Waals surface area contributed by atoms with Crippen molar-refractivity contribution in [2.24, 2.45) is 5.92 Å². The Hall–Kier alpha value is -2.87. The number of amides is 2. The highest BCUT2D eigenvalue weighted by molar-refractivity contribution is 7.09. The standard InChI is InChI=1S/C22H28N2O5S/c1-5-28-17-10-8-16(9-11-17)21(26)24-19(14(2)3)22(27)29-15(4)20(25)23-13-18-7-6-12-30-18/h6-12,14-15,19H,5,13H2,1-4H3,(H,23,25)(H,24,26)/t15?,19-/m0/s1. The second-order valence-electron chi connectivity index (χ2n) is 7.03. The third-order valence-corrected chi connectivity index (χ3v) is 5.19. The van der Waals surface area contributed by atoms with Crippen LogP contribution >= 0.6 is 11.3 Å². The van der Waals surface area contributed by atoms with E-state index in [0.717, 1.165) is 4.88 Å². The largest absolute Gasteiger partial charge is 0.494 e. The number of benzene rings is 1. The Balaban J connectivity index is 1.92. The molecule has 0 aliphatic carbocycles. The van der Waals surface area contributed by atoms with E-state index in [1.54, 1.807) is 38.1 Å². The number of carbonyl (C=O) groups is 3. The van der Waals surface area contributed by atoms with E-state index in [4.69, 9.17) is 9.47 Å². The Bertz CT molecular complexity index is 834. The van der Waals surface area contributed by atoms with Crippen molar-refractivity contribution in [1.29, 1.82) is 0 Å². The molecule has 162 valence electrons. The lowest BCUT2D eigenvalue weighted by Crippen LogP contribution is -2.47. The highest BCUT2D eigenvalue weighted by Gasteiger charge is 2.29. The summed E-state index contributed by atoms with van der Waals surface area (Å²) in [7, 11) is 0. The van der Waals surface area contributed by atoms with Crippen LogP contribution in [0.5, 0.6) is 5.75 Å². The number of hydrogen-bond acceptors (Lipinski definition) is 6. The molecule has 7 nitrogen and oxygen atoms in total. The predicted molar refractivity (Wildman–Crippen MR) is 115 cm³/mol. The molecule has 0 bridgehead atoms. The first kappa shape index (κ1) is 23.4. The number of rotatable bonds is 10. The molecule has 1 heterocycles. The maximum atomic E-state index is 12.6. The number of nitrogens with one attached hydrogen (secondary N) is 2. The van der Waals surface area contributed by atoms with E-state index in [2.05, 4.69) is 10.6 Å². The van der Waals surface area contributed by atoms with Crippen molar-refractivity contribution in [3.05, 3.63) is 52.2 Å². The minimum atomic E-state index is -0.971. The smallest absolute Gasteiger partial charge is 0.329 e. The molecule has 1 aromatic carbocycles. The van der Waals surface area contributed by atoms with E-state index >= 15 is 0 Å². The van der Waals surface area contributed by atoms with Gasteiger partial charge in [-0.3, -0.25) is 9.59 Å². The number of carbonyl (C=O) groups excluding carboxylic acids is 3. The summed E-state index contributed by atoms with van der Waals surface area (Å²) < 4.78 is 10.7. The summed E-state index contributed by atoms with van der Waals surface area (Å²) in [5.74, 6) is -0.995. The Morgan fingerprint density at radius 2 is 1.77 bits per heavy atom. The van der Waals surface area contributed by atoms with Crippen LogP contribution in [0.4, 0.5) is 0 Å². The summed E-state index contributed by atoms with van der Waals surface area (Å²) in [4.78, 5) is 38.4. The lowest BCUT2D eigenvalue weighted by molar-refractivity contribution is -0.157. The second-order valence-corrected chi connectivity index (χ2v) is 8.06. The molecule has 2 rings (SSSR count). The highest BCUT2D eigenvalue weighted by Crippen LogP contribution is 2.14. The van der Waals surface area contributed by atoms with Crippen LogP contribution in [0.3, 0.4) is 0 Å². The molecule has 0 aliphatic heterocycles. The van der Waals surface area contributed by atoms with Crippen molar-refractivity contribution in [3.8, 4) is 5.75 Å². The van der Waals surface area contributed by atoms with Crippen LogP contribution in [-0.2, 0) is 20.9 Å². The van der Waals surface area contributed by atoms with Crippen molar-refractivity contribution in [2.45, 2.75) is 46.4 Å². The van der Waals surface area contributed by atoms with Crippen molar-refractivity contribution >= 4 is 29.1 Å². The molecule has 1 unspecified atom stereocenters. The molecule has 1 aromatic heterocycles. The number of esters is 1. The summed E-state index contributed by atoms with van der Waals surface area (Å²) in [6.45, 7) is 7.89. The van der Waals surface area contributed by atoms with E-state index in [9.17, 15) is 14.4 Å². The SMILES string of the molecule is CCOc1ccc(C(=O)N[C@H](C(=O)OC(C)C(=O)NCc2cccs2)C(C)C)cc1. The zero-order valence-corrected chi connectivity index (χ0v) is 18.5. The van der Waals surface area contributed by atoms with Gasteiger partial charge >= 0.3 is 5.97 Å². The summed E-state index contributed by atoms with van der Waals surface area (Å²) >= 11 is 1.53. The van der Waals surface area contributed by atoms with Gasteiger partial charge in [-0.05, 0) is 55.5 Å². The van der Waals surface area contributed by atoms with Crippen LogP contribution in [0.25, 0.3) is 0 Å². The van der Waals surface area contributed by atoms with Crippen LogP contribution in [-0.4, -0.2) is 36.5 Å². The average molecular weight is 433 g/mol. The van der Waals surface area contributed by atoms with Gasteiger partial charge in [-0.15, -0.1) is 11.3 Å². The fourth-order valence-corrected chi connectivity index (χ4v) is 3.27. The lowest BCUT2D eigenvalue weighted by Gasteiger charge is -2.23. The van der Waals surface area contributed by atoms with Crippen LogP contribution in [0, 0.1) is 5.92 Å². The van der Waals surface area contributed by atoms with Gasteiger partial charge < -0.3 is 20.1 Å². The van der Waals surface area contributed by atoms with E-state index in [1.807, 2.05) is 24.4 Å². The molecule has 8 heteroatoms. The Kier molecular flexibility index (Phi) is 8.86. The molecule has 0 aliphatic rings. The molecule has 2 N–H and O–H groups in total. The van der Waals surface area contributed by atoms with E-state index < -0.39 is 29.9 Å². The van der Waals surface area contributed by atoms with Gasteiger partial charge in [0.15, 0.2) is 6.10 Å². The van der Waals surface area contributed by atoms with Crippen molar-refractivity contribution in [2.75, 3.05) is 6.61 Å². The van der Waals surface area contributed by atoms with Gasteiger partial charge in [-0.25, -0.2) is 4.79 Å². The zero-order chi connectivity index (χ0) is 22.1. The Morgan fingerprint density at radius 3 is 2.33 bits per heavy atom. The number of ether oxygens (including phenoxy) is 2. The number of hydrogen-bond donors (Lipinski definition) is 2. The Morgan fingerprint density at radius 1 is 1.07 bits per heavy atom. The molecule has 0 saturated carbocycles. The predicted octanol–water partition coefficient (Wildman–Crippen LogP) is 3.15. The molecule has 2 atom stereocenters. The van der Waals surface area contributed by atoms with Gasteiger partial charge in [-0.2, -0.15) is 0 Å². The molecule has 0 radical (unpaired) electrons. The second kappa shape index (κ2) is 11.3. The van der Waals surface area contributed by atoms with E-state index in [0.29, 0.717) is 24.5 Å². The zero-order valence-electron chi connectivity index (χ0n) is 17.6. The maximum Gasteiger partial charge on any atom is 0.329 e. The van der Waals surface area contributed by atoms with Gasteiger partial charge in [0, 0.05) is 10.4 Å². The monoisotopic (exact) mass is 432 g/mol. The van der Waals surface area contributed by atoms with Crippen molar-refractivity contribution in [1.82, 2.24) is 10.6 Å². The molecule has 0 saturated heterocycles. The van der Waals surface area contributed by atoms with Gasteiger partial charge in [0.1, 0.15) is 11.8 Å². The molecule has 0 fully saturated rings. The van der Waals surface area contributed by atoms with Crippen LogP contribution < -0.4 is 15.4 Å². The molecular formula is C22H28N2O5S. The first-order valence-electron chi connectivity index (χ1n) is 9.86. The van der Waals surface area contributed by atoms with Crippen LogP contribution in [0.2, 0.25) is 0 Å². The summed E-state index contributed by atoms with van der Waals surface area (Å²) in [6.07, 6.45) is -0.971. The normalized spacial score (nSPS) is 12.7. The van der Waals surface area contributed by atoms with Gasteiger partial charge in [0.05, 0.1) is 13.2 Å². The molecule has 0 spiro atoms. The fourth-order valence-electron chi connectivity index (χ4n) is 2.62. The molecule has 2 amide bonds. The summed E-state index contributed by atoms with van der Waals surface area (Å²) in [5.41, 5.74) is 0.402. The van der Waals surface area contributed by atoms with Crippen LogP contribution in [0.1, 0.15) is 42.9 Å². The topological polar surface area (TPSA) is 93.7 Å². The average Bonchev–Trinajstić information content (AvgIpc) is 3.24. The minimum absolute atomic E-state index is 0.217. The molecule has 30 heavy (non-hydrogen) atoms. The lowest BCUT2D eigenvalue weighted by atomic mass is 10.0. The molecule has 2 aromatic rings. The van der Waals surface area contributed by atoms with Gasteiger partial charge in [0.25, 0.3) is 11.8 Å². The van der Waals surface area contributed by atoms with Crippen LogP contribution in [0.15, 0.2) is 41.8 Å². The summed E-state index contributed by atoms with van der Waals surface area (Å²) in [6, 6.07) is 9.58. The highest BCUT2D eigenvalue weighted by atomic mass is 32.1. The van der Waals surface area contributed by atoms with Crippen molar-refractivity contribution in [3.63, 3.8) is 0 Å². The van der Waals surface area contributed by atoms with Gasteiger partial charge in [-0.1, -0.05) is 19.9 Å². The fraction of sp³-hybridized carbons (Fsp3) is 0.409. The molecular weight excluding hydrogens is 404 g/mol. The van der Waals surface area contributed by atoms with E-state index in [1.165, 1.54) is 18.3 Å². The third-order valence-electron chi connectivity index (χ3n) is 4.31. The quantitative estimate of drug-likeness (QED) is 0.563. The first-order valence-corrected chi connectivity index (χ1v) is 10.7. The number of thiophene rings is 1. The Labute approximate surface area is 180 Å². The first-order chi connectivity index (χ1) is 14.3.